The largest absolute Gasteiger partial charge is 0.454 e. The van der Waals surface area contributed by atoms with Crippen LogP contribution in [0, 0.1) is 0 Å². The van der Waals surface area contributed by atoms with Crippen LogP contribution in [0.3, 0.4) is 0 Å². The van der Waals surface area contributed by atoms with Crippen LogP contribution < -0.4 is 25.2 Å². The maximum atomic E-state index is 12.5. The molecule has 3 N–H and O–H groups in total. The Morgan fingerprint density at radius 2 is 1.73 bits per heavy atom. The van der Waals surface area contributed by atoms with Crippen molar-refractivity contribution in [3.8, 4) is 11.5 Å². The molecule has 0 spiro atoms. The van der Waals surface area contributed by atoms with Crippen molar-refractivity contribution in [2.24, 2.45) is 0 Å². The van der Waals surface area contributed by atoms with Gasteiger partial charge in [-0.3, -0.25) is 4.79 Å². The van der Waals surface area contributed by atoms with Crippen molar-refractivity contribution in [2.75, 3.05) is 30.2 Å². The second-order valence-electron chi connectivity index (χ2n) is 7.95. The molecule has 0 atom stereocenters. The Labute approximate surface area is 191 Å². The average molecular weight is 444 g/mol. The smallest absolute Gasteiger partial charge is 0.253 e. The fourth-order valence-corrected chi connectivity index (χ4v) is 3.98. The van der Waals surface area contributed by atoms with E-state index in [9.17, 15) is 9.90 Å². The third-order valence-electron chi connectivity index (χ3n) is 5.72. The highest BCUT2D eigenvalue weighted by Gasteiger charge is 2.15. The molecule has 1 aromatic heterocycles. The summed E-state index contributed by atoms with van der Waals surface area (Å²) >= 11 is 0. The number of nitrogens with zero attached hydrogens (tertiary/aromatic N) is 1. The molecule has 7 nitrogen and oxygen atoms in total. The van der Waals surface area contributed by atoms with Gasteiger partial charge in [0, 0.05) is 48.0 Å². The Hall–Kier alpha value is -3.97. The molecular formula is C26H25N3O4. The number of aliphatic hydroxyl groups excluding tert-OH is 1. The number of benzene rings is 3. The number of H-pyrrole nitrogens is 1. The number of pyridine rings is 1. The van der Waals surface area contributed by atoms with Gasteiger partial charge in [-0.05, 0) is 42.0 Å². The van der Waals surface area contributed by atoms with Crippen LogP contribution in [0.5, 0.6) is 11.5 Å². The minimum Gasteiger partial charge on any atom is -0.454 e. The van der Waals surface area contributed by atoms with Crippen molar-refractivity contribution in [2.45, 2.75) is 13.1 Å². The molecule has 0 saturated heterocycles. The summed E-state index contributed by atoms with van der Waals surface area (Å²) < 4.78 is 10.8. The summed E-state index contributed by atoms with van der Waals surface area (Å²) in [6, 6.07) is 23.7. The molecular weight excluding hydrogens is 418 g/mol. The minimum absolute atomic E-state index is 0.0813. The van der Waals surface area contributed by atoms with Gasteiger partial charge in [-0.25, -0.2) is 0 Å². The molecule has 0 bridgehead atoms. The zero-order valence-corrected chi connectivity index (χ0v) is 18.1. The number of aliphatic hydroxyl groups is 1. The maximum absolute atomic E-state index is 12.5. The van der Waals surface area contributed by atoms with E-state index >= 15 is 0 Å². The van der Waals surface area contributed by atoms with E-state index in [1.165, 1.54) is 5.56 Å². The predicted octanol–water partition coefficient (Wildman–Crippen LogP) is 3.87. The predicted molar refractivity (Wildman–Crippen MR) is 129 cm³/mol. The lowest BCUT2D eigenvalue weighted by Gasteiger charge is -2.24. The van der Waals surface area contributed by atoms with Crippen molar-refractivity contribution >= 4 is 22.3 Å². The molecule has 4 aromatic rings. The molecule has 3 aromatic carbocycles. The number of aromatic nitrogens is 1. The van der Waals surface area contributed by atoms with Crippen LogP contribution in [-0.2, 0) is 13.1 Å². The monoisotopic (exact) mass is 443 g/mol. The van der Waals surface area contributed by atoms with Gasteiger partial charge in [-0.1, -0.05) is 30.3 Å². The van der Waals surface area contributed by atoms with Gasteiger partial charge < -0.3 is 29.8 Å². The summed E-state index contributed by atoms with van der Waals surface area (Å²) in [5.41, 5.74) is 4.34. The summed E-state index contributed by atoms with van der Waals surface area (Å²) in [4.78, 5) is 17.6. The number of ether oxygens (including phenoxy) is 2. The topological polar surface area (TPSA) is 86.8 Å². The minimum atomic E-state index is -0.137. The lowest BCUT2D eigenvalue weighted by molar-refractivity contribution is 0.174. The van der Waals surface area contributed by atoms with Crippen LogP contribution in [0.2, 0.25) is 0 Å². The lowest BCUT2D eigenvalue weighted by atomic mass is 10.1. The first-order valence-corrected chi connectivity index (χ1v) is 10.9. The zero-order chi connectivity index (χ0) is 22.6. The molecule has 1 aliphatic heterocycles. The molecule has 0 amide bonds. The third-order valence-corrected chi connectivity index (χ3v) is 5.72. The van der Waals surface area contributed by atoms with E-state index in [1.807, 2.05) is 54.6 Å². The molecule has 7 heteroatoms. The normalized spacial score (nSPS) is 12.2. The van der Waals surface area contributed by atoms with Gasteiger partial charge in [-0.2, -0.15) is 0 Å². The van der Waals surface area contributed by atoms with E-state index in [-0.39, 0.29) is 19.0 Å². The van der Waals surface area contributed by atoms with Gasteiger partial charge in [0.15, 0.2) is 11.5 Å². The molecule has 0 saturated carbocycles. The van der Waals surface area contributed by atoms with Crippen LogP contribution in [0.15, 0.2) is 77.6 Å². The van der Waals surface area contributed by atoms with Crippen LogP contribution in [0.25, 0.3) is 10.9 Å². The van der Waals surface area contributed by atoms with E-state index in [1.54, 1.807) is 6.07 Å². The Morgan fingerprint density at radius 3 is 2.48 bits per heavy atom. The molecule has 0 unspecified atom stereocenters. The van der Waals surface area contributed by atoms with E-state index < -0.39 is 0 Å². The van der Waals surface area contributed by atoms with Gasteiger partial charge >= 0.3 is 0 Å². The maximum Gasteiger partial charge on any atom is 0.253 e. The van der Waals surface area contributed by atoms with E-state index in [0.717, 1.165) is 28.8 Å². The number of aromatic amines is 1. The molecule has 0 fully saturated rings. The van der Waals surface area contributed by atoms with Gasteiger partial charge in [-0.15, -0.1) is 0 Å². The van der Waals surface area contributed by atoms with Gasteiger partial charge in [0.1, 0.15) is 0 Å². The molecule has 0 radical (unpaired) electrons. The first-order valence-electron chi connectivity index (χ1n) is 10.9. The van der Waals surface area contributed by atoms with Crippen molar-refractivity contribution in [3.63, 3.8) is 0 Å². The highest BCUT2D eigenvalue weighted by molar-refractivity contribution is 5.83. The molecule has 33 heavy (non-hydrogen) atoms. The van der Waals surface area contributed by atoms with Crippen LogP contribution in [0.1, 0.15) is 11.1 Å². The Morgan fingerprint density at radius 1 is 0.970 bits per heavy atom. The number of anilines is 2. The molecule has 2 heterocycles. The Kier molecular flexibility index (Phi) is 5.87. The fourth-order valence-electron chi connectivity index (χ4n) is 3.98. The highest BCUT2D eigenvalue weighted by atomic mass is 16.7. The molecule has 0 aliphatic carbocycles. The number of hydrogen-bond acceptors (Lipinski definition) is 6. The van der Waals surface area contributed by atoms with Crippen molar-refractivity contribution in [1.82, 2.24) is 4.98 Å². The molecule has 1 aliphatic rings. The van der Waals surface area contributed by atoms with Crippen LogP contribution in [0.4, 0.5) is 11.4 Å². The lowest BCUT2D eigenvalue weighted by Crippen LogP contribution is -2.26. The number of fused-ring (bicyclic) bond motifs is 2. The second-order valence-corrected chi connectivity index (χ2v) is 7.95. The van der Waals surface area contributed by atoms with Crippen molar-refractivity contribution in [1.29, 1.82) is 0 Å². The SMILES string of the molecule is O=c1[nH]c2cc3c(cc2cc1CNc1ccc(N(CCO)Cc2ccccc2)cc1)OCO3. The molecule has 5 rings (SSSR count). The van der Waals surface area contributed by atoms with Crippen LogP contribution in [-0.4, -0.2) is 30.0 Å². The van der Waals surface area contributed by atoms with Gasteiger partial charge in [0.05, 0.1) is 12.1 Å². The summed E-state index contributed by atoms with van der Waals surface area (Å²) in [5, 5.41) is 13.7. The average Bonchev–Trinajstić information content (AvgIpc) is 3.29. The number of hydrogen-bond donors (Lipinski definition) is 3. The Bertz CT molecular complexity index is 1300. The van der Waals surface area contributed by atoms with Crippen molar-refractivity contribution < 1.29 is 14.6 Å². The quantitative estimate of drug-likeness (QED) is 0.383. The summed E-state index contributed by atoms with van der Waals surface area (Å²) in [5.74, 6) is 1.33. The standard InChI is InChI=1S/C26H25N3O4/c30-11-10-29(16-18-4-2-1-3-5-18)22-8-6-21(7-9-22)27-15-20-12-19-13-24-25(33-17-32-24)14-23(19)28-26(20)31/h1-9,12-14,27,30H,10-11,15-17H2,(H,28,31). The molecule has 168 valence electrons. The van der Waals surface area contributed by atoms with Crippen molar-refractivity contribution in [3.05, 3.63) is 94.3 Å². The highest BCUT2D eigenvalue weighted by Crippen LogP contribution is 2.35. The summed E-state index contributed by atoms with van der Waals surface area (Å²) in [6.45, 7) is 1.94. The van der Waals surface area contributed by atoms with E-state index in [0.29, 0.717) is 30.2 Å². The summed E-state index contributed by atoms with van der Waals surface area (Å²) in [6.07, 6.45) is 0. The fraction of sp³-hybridized carbons (Fsp3) is 0.192. The number of rotatable bonds is 8. The number of nitrogens with one attached hydrogen (secondary N) is 2. The first kappa shape index (κ1) is 20.9. The Balaban J connectivity index is 1.29. The van der Waals surface area contributed by atoms with E-state index in [4.69, 9.17) is 9.47 Å². The zero-order valence-electron chi connectivity index (χ0n) is 18.1. The van der Waals surface area contributed by atoms with Gasteiger partial charge in [0.25, 0.3) is 5.56 Å². The first-order chi connectivity index (χ1) is 16.2. The van der Waals surface area contributed by atoms with E-state index in [2.05, 4.69) is 27.3 Å². The third kappa shape index (κ3) is 4.63. The second kappa shape index (κ2) is 9.26. The van der Waals surface area contributed by atoms with Gasteiger partial charge in [0.2, 0.25) is 6.79 Å². The van der Waals surface area contributed by atoms with Crippen LogP contribution >= 0.6 is 0 Å². The summed E-state index contributed by atoms with van der Waals surface area (Å²) in [7, 11) is 0.